The van der Waals surface area contributed by atoms with Crippen LogP contribution in [0.1, 0.15) is 134 Å². The van der Waals surface area contributed by atoms with Crippen LogP contribution in [-0.2, 0) is 38.1 Å². The topological polar surface area (TPSA) is 33.5 Å². The Morgan fingerprint density at radius 1 is 0.594 bits per heavy atom. The third-order valence-corrected chi connectivity index (χ3v) is 13.2. The Balaban J connectivity index is 0.00000642. The second-order valence-electron chi connectivity index (χ2n) is 21.2. The van der Waals surface area contributed by atoms with Crippen LogP contribution in [0.3, 0.4) is 0 Å². The van der Waals surface area contributed by atoms with Gasteiger partial charge >= 0.3 is 6.18 Å². The monoisotopic (exact) mass is 1100 g/mol. The quantitative estimate of drug-likeness (QED) is 0.135. The smallest absolute Gasteiger partial charge is 0.416 e. The molecule has 2 aromatic heterocycles. The first kappa shape index (κ1) is 49.6. The minimum absolute atomic E-state index is 0. The molecule has 0 unspecified atom stereocenters. The number of hydrogen-bond acceptors (Lipinski definition) is 4. The van der Waals surface area contributed by atoms with Crippen LogP contribution in [0.25, 0.3) is 38.8 Å². The Kier molecular flexibility index (Phi) is 13.3. The van der Waals surface area contributed by atoms with Crippen molar-refractivity contribution in [1.29, 1.82) is 0 Å². The summed E-state index contributed by atoms with van der Waals surface area (Å²) in [6.45, 7) is 28.6. The van der Waals surface area contributed by atoms with Crippen molar-refractivity contribution in [3.63, 3.8) is 0 Å². The molecule has 360 valence electrons. The van der Waals surface area contributed by atoms with E-state index >= 15 is 0 Å². The number of benzene rings is 6. The van der Waals surface area contributed by atoms with Gasteiger partial charge in [0.05, 0.1) is 5.56 Å². The third-order valence-electron chi connectivity index (χ3n) is 13.2. The average Bonchev–Trinajstić information content (AvgIpc) is 3.83. The van der Waals surface area contributed by atoms with Gasteiger partial charge in [0.25, 0.3) is 0 Å². The molecule has 69 heavy (non-hydrogen) atoms. The summed E-state index contributed by atoms with van der Waals surface area (Å²) in [5.74, 6) is 2.30. The molecule has 0 saturated heterocycles. The maximum atomic E-state index is 14.3. The van der Waals surface area contributed by atoms with Crippen LogP contribution in [0.15, 0.2) is 121 Å². The van der Waals surface area contributed by atoms with E-state index in [1.807, 2.05) is 28.8 Å². The van der Waals surface area contributed by atoms with Gasteiger partial charge in [0, 0.05) is 61.3 Å². The van der Waals surface area contributed by atoms with E-state index in [-0.39, 0.29) is 43.7 Å². The molecule has 1 aliphatic heterocycles. The summed E-state index contributed by atoms with van der Waals surface area (Å²) in [6, 6.07) is 44.5. The first-order valence-corrected chi connectivity index (χ1v) is 23.7. The average molecular weight is 1110 g/mol. The molecule has 0 N–H and O–H groups in total. The summed E-state index contributed by atoms with van der Waals surface area (Å²) in [5, 5.41) is 1.05. The maximum Gasteiger partial charge on any atom is 0.416 e. The molecule has 0 fully saturated rings. The molecular formula is C60H60F3N4OPt-3. The van der Waals surface area contributed by atoms with Gasteiger partial charge in [0.1, 0.15) is 5.82 Å². The Morgan fingerprint density at radius 3 is 1.88 bits per heavy atom. The second-order valence-corrected chi connectivity index (χ2v) is 21.2. The number of alkyl halides is 3. The van der Waals surface area contributed by atoms with Crippen molar-refractivity contribution in [2.75, 3.05) is 9.80 Å². The summed E-state index contributed by atoms with van der Waals surface area (Å²) < 4.78 is 51.7. The number of pyridine rings is 1. The SMILES string of the molecule is CC(C)c1cc(C(C)C)c(-c2ccnc(-n3c4[c-]c(Oc5[c-]c(N6[CH-]N(c7cccc(C(C)(C)C)c7)c7ccccc76)cc(C(C)(C)C)c5)ccc4c4cc(C(F)(F)F)ccc43)c2)c(C(C)C)c1.[Pt]. The van der Waals surface area contributed by atoms with Crippen molar-refractivity contribution in [3.8, 4) is 28.4 Å². The van der Waals surface area contributed by atoms with Crippen molar-refractivity contribution in [2.24, 2.45) is 0 Å². The molecule has 3 heterocycles. The van der Waals surface area contributed by atoms with Crippen molar-refractivity contribution in [3.05, 3.63) is 174 Å². The molecule has 6 aromatic carbocycles. The molecule has 8 aromatic rings. The molecule has 0 saturated carbocycles. The second kappa shape index (κ2) is 18.5. The zero-order chi connectivity index (χ0) is 48.6. The number of nitrogens with zero attached hydrogens (tertiary/aromatic N) is 4. The number of halogens is 3. The number of hydrogen-bond donors (Lipinski definition) is 0. The predicted molar refractivity (Wildman–Crippen MR) is 274 cm³/mol. The van der Waals surface area contributed by atoms with Crippen LogP contribution in [0.2, 0.25) is 0 Å². The Hall–Kier alpha value is -5.85. The molecule has 9 heteroatoms. The summed E-state index contributed by atoms with van der Waals surface area (Å²) >= 11 is 0. The van der Waals surface area contributed by atoms with Gasteiger partial charge in [-0.1, -0.05) is 131 Å². The Bertz CT molecular complexity index is 3180. The molecule has 0 amide bonds. The number of para-hydroxylation sites is 2. The maximum absolute atomic E-state index is 14.3. The van der Waals surface area contributed by atoms with E-state index < -0.39 is 11.7 Å². The van der Waals surface area contributed by atoms with E-state index in [1.54, 1.807) is 12.3 Å². The van der Waals surface area contributed by atoms with E-state index in [4.69, 9.17) is 9.72 Å². The minimum Gasteiger partial charge on any atom is -0.509 e. The fourth-order valence-electron chi connectivity index (χ4n) is 9.28. The summed E-state index contributed by atoms with van der Waals surface area (Å²) in [6.07, 6.45) is -2.73. The van der Waals surface area contributed by atoms with Crippen LogP contribution in [-0.4, -0.2) is 9.55 Å². The molecule has 5 nitrogen and oxygen atoms in total. The van der Waals surface area contributed by atoms with E-state index in [0.29, 0.717) is 45.0 Å². The normalized spacial score (nSPS) is 13.3. The Morgan fingerprint density at radius 2 is 1.26 bits per heavy atom. The fourth-order valence-corrected chi connectivity index (χ4v) is 9.28. The number of rotatable bonds is 9. The van der Waals surface area contributed by atoms with E-state index in [9.17, 15) is 13.2 Å². The van der Waals surface area contributed by atoms with Gasteiger partial charge in [-0.2, -0.15) is 19.2 Å². The van der Waals surface area contributed by atoms with Gasteiger partial charge < -0.3 is 19.1 Å². The zero-order valence-electron chi connectivity index (χ0n) is 41.5. The van der Waals surface area contributed by atoms with E-state index in [0.717, 1.165) is 39.9 Å². The first-order chi connectivity index (χ1) is 32.1. The van der Waals surface area contributed by atoms with Crippen LogP contribution in [0.5, 0.6) is 11.5 Å². The van der Waals surface area contributed by atoms with Crippen LogP contribution >= 0.6 is 0 Å². The van der Waals surface area contributed by atoms with Crippen molar-refractivity contribution in [2.45, 2.75) is 118 Å². The number of fused-ring (bicyclic) bond motifs is 4. The molecule has 0 radical (unpaired) electrons. The van der Waals surface area contributed by atoms with Gasteiger partial charge in [0.2, 0.25) is 0 Å². The number of anilines is 4. The molecule has 1 aliphatic rings. The predicted octanol–water partition coefficient (Wildman–Crippen LogP) is 17.6. The molecule has 0 bridgehead atoms. The van der Waals surface area contributed by atoms with Crippen LogP contribution in [0.4, 0.5) is 35.9 Å². The molecule has 9 rings (SSSR count). The summed E-state index contributed by atoms with van der Waals surface area (Å²) in [5.41, 5.74) is 12.3. The molecular weight excluding hydrogens is 1040 g/mol. The minimum atomic E-state index is -4.53. The molecule has 0 atom stereocenters. The molecule has 0 aliphatic carbocycles. The molecule has 0 spiro atoms. The summed E-state index contributed by atoms with van der Waals surface area (Å²) in [4.78, 5) is 9.27. The standard InChI is InChI=1S/C60H60F3N4O.Pt/c1-36(2)40-26-49(37(3)4)57(50(27-40)38(5)6)39-24-25-64-56(28-39)67-52-23-20-42(60(61,62)63)32-51(52)48-22-21-46(34-55(48)67)68-47-31-43(59(10,11)12)30-45(33-47)66-35-65(53-18-13-14-19-54(53)66)44-17-15-16-41(29-44)58(7,8)9;/h13-32,35-38H,1-12H3;/q-3;. The van der Waals surface area contributed by atoms with Gasteiger partial charge in [-0.15, -0.1) is 53.6 Å². The first-order valence-electron chi connectivity index (χ1n) is 23.7. The number of ether oxygens (including phenoxy) is 1. The van der Waals surface area contributed by atoms with E-state index in [2.05, 4.69) is 178 Å². The van der Waals surface area contributed by atoms with Crippen molar-refractivity contribution < 1.29 is 39.0 Å². The number of aromatic nitrogens is 2. The van der Waals surface area contributed by atoms with Gasteiger partial charge in [-0.3, -0.25) is 0 Å². The van der Waals surface area contributed by atoms with E-state index in [1.165, 1.54) is 39.9 Å². The third kappa shape index (κ3) is 9.59. The Labute approximate surface area is 420 Å². The largest absolute Gasteiger partial charge is 0.509 e. The van der Waals surface area contributed by atoms with Crippen molar-refractivity contribution in [1.82, 2.24) is 9.55 Å². The fraction of sp³-hybridized carbons (Fsp3) is 0.300. The van der Waals surface area contributed by atoms with Crippen molar-refractivity contribution >= 4 is 44.6 Å². The van der Waals surface area contributed by atoms with Crippen LogP contribution in [0, 0.1) is 18.8 Å². The zero-order valence-corrected chi connectivity index (χ0v) is 43.8. The van der Waals surface area contributed by atoms with Gasteiger partial charge in [0.15, 0.2) is 0 Å². The van der Waals surface area contributed by atoms with Crippen LogP contribution < -0.4 is 14.5 Å². The van der Waals surface area contributed by atoms with Gasteiger partial charge in [-0.25, -0.2) is 4.98 Å². The van der Waals surface area contributed by atoms with Gasteiger partial charge in [-0.05, 0) is 116 Å². The summed E-state index contributed by atoms with van der Waals surface area (Å²) in [7, 11) is 0.